The molecule has 0 aromatic rings. The van der Waals surface area contributed by atoms with Gasteiger partial charge in [0.1, 0.15) is 0 Å². The number of thioether (sulfide) groups is 1. The van der Waals surface area contributed by atoms with Gasteiger partial charge in [0, 0.05) is 0 Å². The molecule has 1 amide bonds. The molecule has 0 rings (SSSR count). The zero-order valence-electron chi connectivity index (χ0n) is 9.87. The number of nitrogens with two attached hydrogens (primary N) is 1. The van der Waals surface area contributed by atoms with E-state index in [1.165, 1.54) is 17.1 Å². The maximum atomic E-state index is 12.6. The van der Waals surface area contributed by atoms with Gasteiger partial charge in [0.15, 0.2) is 0 Å². The van der Waals surface area contributed by atoms with E-state index in [9.17, 15) is 22.8 Å². The van der Waals surface area contributed by atoms with Crippen LogP contribution in [0.15, 0.2) is 0 Å². The standard InChI is InChI=1S/C9H15F3N2O3S/c1-8(7(16)17,9(10,11)12)14-6(15)5(13)3-4-18-2/h5H,3-4,13H2,1-2H3,(H,14,15)(H,16,17)/t5-,8?/m0/s1. The smallest absolute Gasteiger partial charge is 0.422 e. The molecule has 0 bridgehead atoms. The molecule has 106 valence electrons. The zero-order chi connectivity index (χ0) is 14.6. The molecular formula is C9H15F3N2O3S. The summed E-state index contributed by atoms with van der Waals surface area (Å²) in [7, 11) is 0. The molecular weight excluding hydrogens is 273 g/mol. The molecule has 0 aromatic heterocycles. The number of carboxylic acid groups (broad SMARTS) is 1. The second-order valence-electron chi connectivity index (χ2n) is 3.81. The number of hydrogen-bond acceptors (Lipinski definition) is 4. The Kier molecular flexibility index (Phi) is 5.94. The Hall–Kier alpha value is -0.960. The summed E-state index contributed by atoms with van der Waals surface area (Å²) >= 11 is 1.38. The van der Waals surface area contributed by atoms with Crippen molar-refractivity contribution >= 4 is 23.6 Å². The van der Waals surface area contributed by atoms with Gasteiger partial charge in [0.25, 0.3) is 0 Å². The highest BCUT2D eigenvalue weighted by molar-refractivity contribution is 7.98. The maximum Gasteiger partial charge on any atom is 0.422 e. The molecule has 9 heteroatoms. The van der Waals surface area contributed by atoms with Gasteiger partial charge in [-0.25, -0.2) is 4.79 Å². The van der Waals surface area contributed by atoms with Crippen molar-refractivity contribution in [2.24, 2.45) is 5.73 Å². The quantitative estimate of drug-likeness (QED) is 0.665. The monoisotopic (exact) mass is 288 g/mol. The van der Waals surface area contributed by atoms with E-state index < -0.39 is 29.6 Å². The Balaban J connectivity index is 4.82. The number of carbonyl (C=O) groups is 2. The number of nitrogens with one attached hydrogen (secondary N) is 1. The molecule has 4 N–H and O–H groups in total. The van der Waals surface area contributed by atoms with Crippen LogP contribution in [0, 0.1) is 0 Å². The molecule has 2 atom stereocenters. The van der Waals surface area contributed by atoms with Crippen molar-refractivity contribution in [3.63, 3.8) is 0 Å². The summed E-state index contributed by atoms with van der Waals surface area (Å²) in [6.07, 6.45) is -3.18. The fourth-order valence-corrected chi connectivity index (χ4v) is 1.45. The van der Waals surface area contributed by atoms with Crippen LogP contribution in [0.5, 0.6) is 0 Å². The summed E-state index contributed by atoms with van der Waals surface area (Å²) in [4.78, 5) is 22.1. The molecule has 18 heavy (non-hydrogen) atoms. The normalized spacial score (nSPS) is 16.8. The number of hydrogen-bond donors (Lipinski definition) is 3. The molecule has 0 aliphatic carbocycles. The third kappa shape index (κ3) is 4.05. The largest absolute Gasteiger partial charge is 0.479 e. The van der Waals surface area contributed by atoms with E-state index >= 15 is 0 Å². The van der Waals surface area contributed by atoms with E-state index in [0.717, 1.165) is 0 Å². The molecule has 0 saturated carbocycles. The van der Waals surface area contributed by atoms with Crippen LogP contribution in [0.25, 0.3) is 0 Å². The molecule has 0 radical (unpaired) electrons. The summed E-state index contributed by atoms with van der Waals surface area (Å²) < 4.78 is 37.8. The van der Waals surface area contributed by atoms with Crippen molar-refractivity contribution in [2.75, 3.05) is 12.0 Å². The maximum absolute atomic E-state index is 12.6. The van der Waals surface area contributed by atoms with Crippen molar-refractivity contribution < 1.29 is 27.9 Å². The number of aliphatic carboxylic acids is 1. The molecule has 0 saturated heterocycles. The fraction of sp³-hybridized carbons (Fsp3) is 0.778. The second kappa shape index (κ2) is 6.28. The van der Waals surface area contributed by atoms with E-state index in [-0.39, 0.29) is 6.42 Å². The number of carbonyl (C=O) groups excluding carboxylic acids is 1. The minimum absolute atomic E-state index is 0.167. The predicted octanol–water partition coefficient (Wildman–Crippen LogP) is 0.589. The minimum Gasteiger partial charge on any atom is -0.479 e. The summed E-state index contributed by atoms with van der Waals surface area (Å²) in [5.74, 6) is -2.82. The van der Waals surface area contributed by atoms with Crippen LogP contribution in [-0.2, 0) is 9.59 Å². The van der Waals surface area contributed by atoms with E-state index in [1.807, 2.05) is 0 Å². The Bertz CT molecular complexity index is 325. The third-order valence-electron chi connectivity index (χ3n) is 2.34. The lowest BCUT2D eigenvalue weighted by atomic mass is 10.0. The van der Waals surface area contributed by atoms with Gasteiger partial charge in [-0.15, -0.1) is 0 Å². The van der Waals surface area contributed by atoms with Gasteiger partial charge in [0.2, 0.25) is 11.4 Å². The van der Waals surface area contributed by atoms with Gasteiger partial charge >= 0.3 is 12.1 Å². The summed E-state index contributed by atoms with van der Waals surface area (Å²) in [5, 5.41) is 10.0. The second-order valence-corrected chi connectivity index (χ2v) is 4.79. The lowest BCUT2D eigenvalue weighted by Crippen LogP contribution is -2.64. The fourth-order valence-electron chi connectivity index (χ4n) is 0.961. The number of rotatable bonds is 6. The van der Waals surface area contributed by atoms with E-state index in [1.54, 1.807) is 6.26 Å². The van der Waals surface area contributed by atoms with E-state index in [2.05, 4.69) is 0 Å². The predicted molar refractivity (Wildman–Crippen MR) is 61.2 cm³/mol. The molecule has 0 aliphatic heterocycles. The Morgan fingerprint density at radius 3 is 2.28 bits per heavy atom. The number of alkyl halides is 3. The lowest BCUT2D eigenvalue weighted by Gasteiger charge is -2.29. The van der Waals surface area contributed by atoms with Gasteiger partial charge < -0.3 is 16.2 Å². The Morgan fingerprint density at radius 2 is 1.94 bits per heavy atom. The van der Waals surface area contributed by atoms with E-state index in [4.69, 9.17) is 10.8 Å². The highest BCUT2D eigenvalue weighted by atomic mass is 32.2. The van der Waals surface area contributed by atoms with Crippen molar-refractivity contribution in [3.8, 4) is 0 Å². The first-order valence-corrected chi connectivity index (χ1v) is 6.32. The van der Waals surface area contributed by atoms with Gasteiger partial charge in [0.05, 0.1) is 6.04 Å². The van der Waals surface area contributed by atoms with Crippen LogP contribution < -0.4 is 11.1 Å². The van der Waals surface area contributed by atoms with E-state index in [0.29, 0.717) is 12.7 Å². The molecule has 1 unspecified atom stereocenters. The average Bonchev–Trinajstić information content (AvgIpc) is 2.23. The van der Waals surface area contributed by atoms with Gasteiger partial charge in [-0.2, -0.15) is 24.9 Å². The Morgan fingerprint density at radius 1 is 1.44 bits per heavy atom. The van der Waals surface area contributed by atoms with Crippen LogP contribution in [0.2, 0.25) is 0 Å². The van der Waals surface area contributed by atoms with Crippen LogP contribution >= 0.6 is 11.8 Å². The van der Waals surface area contributed by atoms with Crippen molar-refractivity contribution in [2.45, 2.75) is 31.1 Å². The van der Waals surface area contributed by atoms with Crippen LogP contribution in [0.1, 0.15) is 13.3 Å². The minimum atomic E-state index is -5.10. The summed E-state index contributed by atoms with van der Waals surface area (Å²) in [6.45, 7) is 0.383. The molecule has 0 aromatic carbocycles. The molecule has 0 spiro atoms. The van der Waals surface area contributed by atoms with Crippen LogP contribution in [-0.4, -0.2) is 46.7 Å². The molecule has 0 heterocycles. The lowest BCUT2D eigenvalue weighted by molar-refractivity contribution is -0.207. The topological polar surface area (TPSA) is 92.4 Å². The SMILES string of the molecule is CSCC[C@H](N)C(=O)NC(C)(C(=O)O)C(F)(F)F. The molecule has 0 fully saturated rings. The molecule has 5 nitrogen and oxygen atoms in total. The van der Waals surface area contributed by atoms with Gasteiger partial charge in [-0.3, -0.25) is 4.79 Å². The zero-order valence-corrected chi connectivity index (χ0v) is 10.7. The van der Waals surface area contributed by atoms with Gasteiger partial charge in [-0.05, 0) is 25.4 Å². The first-order valence-electron chi connectivity index (χ1n) is 4.93. The van der Waals surface area contributed by atoms with Gasteiger partial charge in [-0.1, -0.05) is 0 Å². The first kappa shape index (κ1) is 17.0. The van der Waals surface area contributed by atoms with Crippen LogP contribution in [0.3, 0.4) is 0 Å². The molecule has 0 aliphatic rings. The highest BCUT2D eigenvalue weighted by Gasteiger charge is 2.58. The highest BCUT2D eigenvalue weighted by Crippen LogP contribution is 2.30. The Labute approximate surface area is 106 Å². The first-order chi connectivity index (χ1) is 8.06. The number of amides is 1. The number of carboxylic acids is 1. The number of halogens is 3. The average molecular weight is 288 g/mol. The van der Waals surface area contributed by atoms with Crippen molar-refractivity contribution in [1.29, 1.82) is 0 Å². The third-order valence-corrected chi connectivity index (χ3v) is 2.98. The van der Waals surface area contributed by atoms with Crippen molar-refractivity contribution in [3.05, 3.63) is 0 Å². The van der Waals surface area contributed by atoms with Crippen LogP contribution in [0.4, 0.5) is 13.2 Å². The summed E-state index contributed by atoms with van der Waals surface area (Å²) in [5.41, 5.74) is 2.04. The van der Waals surface area contributed by atoms with Crippen molar-refractivity contribution in [1.82, 2.24) is 5.32 Å². The summed E-state index contributed by atoms with van der Waals surface area (Å²) in [6, 6.07) is -1.17.